The molecular formula is C24H16N2S. The van der Waals surface area contributed by atoms with Crippen LogP contribution in [0.25, 0.3) is 32.7 Å². The van der Waals surface area contributed by atoms with Crippen LogP contribution in [-0.2, 0) is 0 Å². The van der Waals surface area contributed by atoms with Crippen molar-refractivity contribution in [3.05, 3.63) is 97.6 Å². The molecule has 2 nitrogen and oxygen atoms in total. The first-order valence-corrected chi connectivity index (χ1v) is 9.65. The van der Waals surface area contributed by atoms with Gasteiger partial charge in [-0.3, -0.25) is 9.97 Å². The molecule has 0 unspecified atom stereocenters. The molecule has 3 aromatic carbocycles. The summed E-state index contributed by atoms with van der Waals surface area (Å²) < 4.78 is 0. The van der Waals surface area contributed by atoms with Crippen molar-refractivity contribution in [3.8, 4) is 11.1 Å². The molecule has 0 spiro atoms. The zero-order chi connectivity index (χ0) is 18.1. The van der Waals surface area contributed by atoms with E-state index in [0.717, 1.165) is 0 Å². The van der Waals surface area contributed by atoms with Gasteiger partial charge < -0.3 is 0 Å². The summed E-state index contributed by atoms with van der Waals surface area (Å²) in [5.74, 6) is 0. The maximum atomic E-state index is 4.43. The lowest BCUT2D eigenvalue weighted by Gasteiger charge is -2.16. The molecule has 0 atom stereocenters. The van der Waals surface area contributed by atoms with Crippen LogP contribution in [0.15, 0.2) is 107 Å². The molecule has 27 heavy (non-hydrogen) atoms. The van der Waals surface area contributed by atoms with Gasteiger partial charge in [0.2, 0.25) is 0 Å². The van der Waals surface area contributed by atoms with Gasteiger partial charge in [-0.25, -0.2) is 0 Å². The Hall–Kier alpha value is -3.17. The van der Waals surface area contributed by atoms with E-state index >= 15 is 0 Å². The number of hydrogen-bond acceptors (Lipinski definition) is 3. The molecule has 0 aliphatic rings. The standard InChI is InChI=1S/C24H16N2S/c1-2-6-17(7-3-1)23-19-8-4-5-9-20(19)24(21-12-15-26-16-22(21)23)27-18-10-13-25-14-11-18/h1-16H. The average Bonchev–Trinajstić information content (AvgIpc) is 2.75. The number of pyridine rings is 2. The van der Waals surface area contributed by atoms with Gasteiger partial charge >= 0.3 is 0 Å². The number of benzene rings is 3. The van der Waals surface area contributed by atoms with E-state index in [4.69, 9.17) is 0 Å². The van der Waals surface area contributed by atoms with E-state index < -0.39 is 0 Å². The first-order chi connectivity index (χ1) is 13.4. The largest absolute Gasteiger partial charge is 0.265 e. The number of fused-ring (bicyclic) bond motifs is 2. The summed E-state index contributed by atoms with van der Waals surface area (Å²) in [6.07, 6.45) is 7.54. The van der Waals surface area contributed by atoms with E-state index in [1.165, 1.54) is 42.5 Å². The molecule has 5 rings (SSSR count). The van der Waals surface area contributed by atoms with Gasteiger partial charge in [0.25, 0.3) is 0 Å². The highest BCUT2D eigenvalue weighted by Crippen LogP contribution is 2.44. The smallest absolute Gasteiger partial charge is 0.0353 e. The first-order valence-electron chi connectivity index (χ1n) is 8.83. The maximum Gasteiger partial charge on any atom is 0.0353 e. The van der Waals surface area contributed by atoms with E-state index in [0.29, 0.717) is 0 Å². The summed E-state index contributed by atoms with van der Waals surface area (Å²) in [6, 6.07) is 25.4. The molecule has 0 aliphatic carbocycles. The number of hydrogen-bond donors (Lipinski definition) is 0. The first kappa shape index (κ1) is 16.0. The Balaban J connectivity index is 1.89. The Morgan fingerprint density at radius 1 is 0.556 bits per heavy atom. The third kappa shape index (κ3) is 2.86. The molecule has 0 aliphatic heterocycles. The number of aromatic nitrogens is 2. The van der Waals surface area contributed by atoms with E-state index in [2.05, 4.69) is 82.8 Å². The molecule has 0 saturated heterocycles. The summed E-state index contributed by atoms with van der Waals surface area (Å²) in [5.41, 5.74) is 2.46. The molecule has 0 fully saturated rings. The Labute approximate surface area is 161 Å². The third-order valence-corrected chi connectivity index (χ3v) is 5.86. The lowest BCUT2D eigenvalue weighted by molar-refractivity contribution is 1.26. The highest BCUT2D eigenvalue weighted by Gasteiger charge is 2.15. The van der Waals surface area contributed by atoms with Crippen LogP contribution in [0, 0.1) is 0 Å². The van der Waals surface area contributed by atoms with Crippen molar-refractivity contribution in [1.82, 2.24) is 9.97 Å². The van der Waals surface area contributed by atoms with Crippen LogP contribution in [0.3, 0.4) is 0 Å². The van der Waals surface area contributed by atoms with Crippen molar-refractivity contribution < 1.29 is 0 Å². The Morgan fingerprint density at radius 3 is 2.04 bits per heavy atom. The van der Waals surface area contributed by atoms with E-state index in [1.54, 1.807) is 11.8 Å². The quantitative estimate of drug-likeness (QED) is 0.337. The van der Waals surface area contributed by atoms with Crippen molar-refractivity contribution in [2.24, 2.45) is 0 Å². The second kappa shape index (κ2) is 6.86. The molecule has 2 heterocycles. The van der Waals surface area contributed by atoms with Crippen LogP contribution >= 0.6 is 11.8 Å². The van der Waals surface area contributed by atoms with Gasteiger partial charge in [-0.2, -0.15) is 0 Å². The van der Waals surface area contributed by atoms with Crippen LogP contribution in [0.4, 0.5) is 0 Å². The van der Waals surface area contributed by atoms with E-state index in [1.807, 2.05) is 24.8 Å². The fourth-order valence-electron chi connectivity index (χ4n) is 3.53. The fourth-order valence-corrected chi connectivity index (χ4v) is 4.60. The zero-order valence-electron chi connectivity index (χ0n) is 14.5. The lowest BCUT2D eigenvalue weighted by Crippen LogP contribution is -1.90. The Bertz CT molecular complexity index is 1180. The topological polar surface area (TPSA) is 25.8 Å². The minimum atomic E-state index is 1.18. The SMILES string of the molecule is c1ccc(-c2c3ccccc3c(Sc3ccncc3)c3ccncc23)cc1. The molecule has 5 aromatic rings. The van der Waals surface area contributed by atoms with Crippen molar-refractivity contribution in [2.75, 3.05) is 0 Å². The minimum Gasteiger partial charge on any atom is -0.265 e. The van der Waals surface area contributed by atoms with Gasteiger partial charge in [0.05, 0.1) is 0 Å². The second-order valence-electron chi connectivity index (χ2n) is 6.32. The summed E-state index contributed by atoms with van der Waals surface area (Å²) in [4.78, 5) is 11.0. The van der Waals surface area contributed by atoms with Gasteiger partial charge in [0.1, 0.15) is 0 Å². The zero-order valence-corrected chi connectivity index (χ0v) is 15.4. The van der Waals surface area contributed by atoms with Crippen molar-refractivity contribution in [2.45, 2.75) is 9.79 Å². The maximum absolute atomic E-state index is 4.43. The summed E-state index contributed by atoms with van der Waals surface area (Å²) in [7, 11) is 0. The monoisotopic (exact) mass is 364 g/mol. The molecule has 0 amide bonds. The van der Waals surface area contributed by atoms with Crippen LogP contribution < -0.4 is 0 Å². The molecular weight excluding hydrogens is 348 g/mol. The molecule has 128 valence electrons. The highest BCUT2D eigenvalue weighted by molar-refractivity contribution is 7.99. The predicted octanol–water partition coefficient (Wildman–Crippen LogP) is 6.60. The van der Waals surface area contributed by atoms with Gasteiger partial charge in [-0.1, -0.05) is 66.4 Å². The lowest BCUT2D eigenvalue weighted by atomic mass is 9.93. The van der Waals surface area contributed by atoms with Crippen LogP contribution in [0.5, 0.6) is 0 Å². The van der Waals surface area contributed by atoms with Gasteiger partial charge in [0, 0.05) is 40.0 Å². The molecule has 0 N–H and O–H groups in total. The van der Waals surface area contributed by atoms with Crippen LogP contribution in [-0.4, -0.2) is 9.97 Å². The average molecular weight is 364 g/mol. The highest BCUT2D eigenvalue weighted by atomic mass is 32.2. The molecule has 0 saturated carbocycles. The molecule has 2 aromatic heterocycles. The Morgan fingerprint density at radius 2 is 1.22 bits per heavy atom. The van der Waals surface area contributed by atoms with E-state index in [-0.39, 0.29) is 0 Å². The summed E-state index contributed by atoms with van der Waals surface area (Å²) in [5, 5.41) is 4.92. The van der Waals surface area contributed by atoms with Gasteiger partial charge in [0.15, 0.2) is 0 Å². The van der Waals surface area contributed by atoms with Crippen molar-refractivity contribution >= 4 is 33.3 Å². The minimum absolute atomic E-state index is 1.18. The molecule has 3 heteroatoms. The van der Waals surface area contributed by atoms with Crippen LogP contribution in [0.1, 0.15) is 0 Å². The second-order valence-corrected chi connectivity index (χ2v) is 7.41. The van der Waals surface area contributed by atoms with Gasteiger partial charge in [-0.15, -0.1) is 0 Å². The van der Waals surface area contributed by atoms with Gasteiger partial charge in [-0.05, 0) is 45.5 Å². The van der Waals surface area contributed by atoms with E-state index in [9.17, 15) is 0 Å². The van der Waals surface area contributed by atoms with Crippen molar-refractivity contribution in [1.29, 1.82) is 0 Å². The molecule has 0 radical (unpaired) electrons. The number of nitrogens with zero attached hydrogens (tertiary/aromatic N) is 2. The summed E-state index contributed by atoms with van der Waals surface area (Å²) in [6.45, 7) is 0. The van der Waals surface area contributed by atoms with Crippen LogP contribution in [0.2, 0.25) is 0 Å². The summed E-state index contributed by atoms with van der Waals surface area (Å²) >= 11 is 1.78. The molecule has 0 bridgehead atoms. The third-order valence-electron chi connectivity index (χ3n) is 4.71. The predicted molar refractivity (Wildman–Crippen MR) is 113 cm³/mol. The normalized spacial score (nSPS) is 11.1. The van der Waals surface area contributed by atoms with Crippen molar-refractivity contribution in [3.63, 3.8) is 0 Å². The fraction of sp³-hybridized carbons (Fsp3) is 0. The number of rotatable bonds is 3. The Kier molecular flexibility index (Phi) is 4.07.